The summed E-state index contributed by atoms with van der Waals surface area (Å²) in [7, 11) is -10.4. The average molecular weight is 386 g/mol. The summed E-state index contributed by atoms with van der Waals surface area (Å²) in [6.45, 7) is -0.832. The lowest BCUT2D eigenvalue weighted by molar-refractivity contribution is -0.124. The second kappa shape index (κ2) is 6.82. The van der Waals surface area contributed by atoms with Gasteiger partial charge in [0.05, 0.1) is 13.0 Å². The number of hydrogen-bond donors (Lipinski definition) is 4. The number of hydrogen-bond acceptors (Lipinski definition) is 8. The SMILES string of the molecule is O=C1CC(n2ccc(=O)[nH]c2=O)OC1COP(=O)(O)OP(=O)(O)O. The van der Waals surface area contributed by atoms with Crippen LogP contribution in [0, 0.1) is 0 Å². The molecule has 0 aliphatic carbocycles. The van der Waals surface area contributed by atoms with Gasteiger partial charge in [-0.1, -0.05) is 0 Å². The lowest BCUT2D eigenvalue weighted by atomic mass is 10.2. The molecule has 0 spiro atoms. The molecule has 1 aromatic rings. The van der Waals surface area contributed by atoms with E-state index in [1.54, 1.807) is 0 Å². The van der Waals surface area contributed by atoms with Gasteiger partial charge < -0.3 is 19.4 Å². The quantitative estimate of drug-likeness (QED) is 0.421. The number of rotatable bonds is 6. The number of carbonyl (C=O) groups excluding carboxylic acids is 1. The minimum absolute atomic E-state index is 0.283. The molecule has 13 nitrogen and oxygen atoms in total. The van der Waals surface area contributed by atoms with Crippen LogP contribution in [0.5, 0.6) is 0 Å². The van der Waals surface area contributed by atoms with Crippen LogP contribution in [0.1, 0.15) is 12.6 Å². The van der Waals surface area contributed by atoms with Crippen LogP contribution in [-0.4, -0.2) is 42.7 Å². The zero-order valence-electron chi connectivity index (χ0n) is 11.7. The Balaban J connectivity index is 2.03. The smallest absolute Gasteiger partial charge is 0.344 e. The highest BCUT2D eigenvalue weighted by atomic mass is 31.3. The molecule has 0 radical (unpaired) electrons. The summed E-state index contributed by atoms with van der Waals surface area (Å²) < 4.78 is 35.8. The number of ketones is 1. The van der Waals surface area contributed by atoms with Crippen LogP contribution in [0.4, 0.5) is 0 Å². The maximum Gasteiger partial charge on any atom is 0.481 e. The van der Waals surface area contributed by atoms with Crippen molar-refractivity contribution in [1.29, 1.82) is 0 Å². The van der Waals surface area contributed by atoms with Gasteiger partial charge in [-0.05, 0) is 0 Å². The molecular formula is C9H12N2O11P2. The third-order valence-electron chi connectivity index (χ3n) is 2.82. The van der Waals surface area contributed by atoms with E-state index in [4.69, 9.17) is 19.4 Å². The minimum atomic E-state index is -5.28. The van der Waals surface area contributed by atoms with Crippen LogP contribution in [0.3, 0.4) is 0 Å². The third-order valence-corrected chi connectivity index (χ3v) is 4.97. The summed E-state index contributed by atoms with van der Waals surface area (Å²) in [6, 6.07) is 1.04. The maximum absolute atomic E-state index is 11.8. The van der Waals surface area contributed by atoms with Gasteiger partial charge in [-0.15, -0.1) is 0 Å². The summed E-state index contributed by atoms with van der Waals surface area (Å²) in [5.74, 6) is -0.589. The largest absolute Gasteiger partial charge is 0.481 e. The fourth-order valence-electron chi connectivity index (χ4n) is 1.89. The number of nitrogens with one attached hydrogen (secondary N) is 1. The lowest BCUT2D eigenvalue weighted by Crippen LogP contribution is -2.31. The molecule has 134 valence electrons. The van der Waals surface area contributed by atoms with Gasteiger partial charge in [0.1, 0.15) is 12.3 Å². The molecule has 4 N–H and O–H groups in total. The Kier molecular flexibility index (Phi) is 5.37. The van der Waals surface area contributed by atoms with Crippen molar-refractivity contribution in [2.75, 3.05) is 6.61 Å². The molecule has 3 atom stereocenters. The highest BCUT2D eigenvalue weighted by molar-refractivity contribution is 7.60. The minimum Gasteiger partial charge on any atom is -0.344 e. The van der Waals surface area contributed by atoms with E-state index in [-0.39, 0.29) is 6.42 Å². The molecule has 0 saturated carbocycles. The van der Waals surface area contributed by atoms with Gasteiger partial charge in [-0.25, -0.2) is 13.9 Å². The first-order chi connectivity index (χ1) is 11.0. The lowest BCUT2D eigenvalue weighted by Gasteiger charge is -2.16. The van der Waals surface area contributed by atoms with Crippen LogP contribution in [-0.2, 0) is 27.5 Å². The van der Waals surface area contributed by atoms with Crippen LogP contribution in [0.2, 0.25) is 0 Å². The monoisotopic (exact) mass is 386 g/mol. The predicted octanol–water partition coefficient (Wildman–Crippen LogP) is -1.38. The van der Waals surface area contributed by atoms with Crippen molar-refractivity contribution in [3.8, 4) is 0 Å². The van der Waals surface area contributed by atoms with Crippen LogP contribution in [0.15, 0.2) is 21.9 Å². The van der Waals surface area contributed by atoms with E-state index in [1.807, 2.05) is 4.98 Å². The molecule has 1 aliphatic rings. The zero-order valence-corrected chi connectivity index (χ0v) is 13.5. The first kappa shape index (κ1) is 18.9. The van der Waals surface area contributed by atoms with Crippen molar-refractivity contribution in [3.63, 3.8) is 0 Å². The number of phosphoric ester groups is 1. The Bertz CT molecular complexity index is 838. The maximum atomic E-state index is 11.8. The van der Waals surface area contributed by atoms with Crippen molar-refractivity contribution in [2.24, 2.45) is 0 Å². The standard InChI is InChI=1S/C9H12N2O11P2/c12-5-3-8(11-2-1-7(13)10-9(11)14)21-6(5)4-20-24(18,19)22-23(15,16)17/h1-2,6,8H,3-4H2,(H,18,19)(H,10,13,14)(H2,15,16,17). The molecule has 15 heteroatoms. The third kappa shape index (κ3) is 5.03. The van der Waals surface area contributed by atoms with Gasteiger partial charge in [-0.3, -0.25) is 23.7 Å². The Morgan fingerprint density at radius 2 is 1.96 bits per heavy atom. The second-order valence-corrected chi connectivity index (χ2v) is 7.43. The van der Waals surface area contributed by atoms with Gasteiger partial charge in [0.25, 0.3) is 5.56 Å². The number of phosphoric acid groups is 2. The van der Waals surface area contributed by atoms with Crippen molar-refractivity contribution >= 4 is 21.4 Å². The number of aromatic amines is 1. The molecule has 1 aliphatic heterocycles. The molecule has 1 fully saturated rings. The van der Waals surface area contributed by atoms with E-state index < -0.39 is 51.6 Å². The first-order valence-corrected chi connectivity index (χ1v) is 9.23. The fourth-order valence-corrected chi connectivity index (χ4v) is 3.47. The number of Topliss-reactive ketones (excluding diaryl/α,β-unsaturated/α-hetero) is 1. The Labute approximate surface area is 132 Å². The summed E-state index contributed by atoms with van der Waals surface area (Å²) in [6.07, 6.45) is -1.61. The molecule has 1 aromatic heterocycles. The van der Waals surface area contributed by atoms with E-state index in [0.717, 1.165) is 16.8 Å². The molecule has 24 heavy (non-hydrogen) atoms. The summed E-state index contributed by atoms with van der Waals surface area (Å²) in [5.41, 5.74) is -1.46. The van der Waals surface area contributed by atoms with Gasteiger partial charge >= 0.3 is 21.3 Å². The average Bonchev–Trinajstić information content (AvgIpc) is 2.75. The Morgan fingerprint density at radius 3 is 2.54 bits per heavy atom. The summed E-state index contributed by atoms with van der Waals surface area (Å²) in [4.78, 5) is 62.3. The van der Waals surface area contributed by atoms with Gasteiger partial charge in [0, 0.05) is 12.3 Å². The van der Waals surface area contributed by atoms with E-state index in [2.05, 4.69) is 8.83 Å². The molecule has 2 heterocycles. The topological polar surface area (TPSA) is 194 Å². The van der Waals surface area contributed by atoms with E-state index in [0.29, 0.717) is 0 Å². The first-order valence-electron chi connectivity index (χ1n) is 6.21. The molecule has 2 rings (SSSR count). The highest BCUT2D eigenvalue weighted by Gasteiger charge is 2.39. The normalized spacial score (nSPS) is 24.0. The van der Waals surface area contributed by atoms with Crippen LogP contribution in [0.25, 0.3) is 0 Å². The van der Waals surface area contributed by atoms with Crippen molar-refractivity contribution in [2.45, 2.75) is 18.8 Å². The zero-order chi connectivity index (χ0) is 18.1. The second-order valence-electron chi connectivity index (χ2n) is 4.60. The summed E-state index contributed by atoms with van der Waals surface area (Å²) in [5, 5.41) is 0. The molecule has 3 unspecified atom stereocenters. The fraction of sp³-hybridized carbons (Fsp3) is 0.444. The Hall–Kier alpha value is -1.43. The molecular weight excluding hydrogens is 374 g/mol. The van der Waals surface area contributed by atoms with E-state index >= 15 is 0 Å². The van der Waals surface area contributed by atoms with Crippen molar-refractivity contribution < 1.29 is 42.2 Å². The van der Waals surface area contributed by atoms with Crippen LogP contribution < -0.4 is 11.2 Å². The predicted molar refractivity (Wildman–Crippen MR) is 73.8 cm³/mol. The Morgan fingerprint density at radius 1 is 1.29 bits per heavy atom. The summed E-state index contributed by atoms with van der Waals surface area (Å²) >= 11 is 0. The number of H-pyrrole nitrogens is 1. The molecule has 0 aromatic carbocycles. The number of nitrogens with zero attached hydrogens (tertiary/aromatic N) is 1. The van der Waals surface area contributed by atoms with Crippen molar-refractivity contribution in [1.82, 2.24) is 9.55 Å². The molecule has 0 amide bonds. The van der Waals surface area contributed by atoms with E-state index in [9.17, 15) is 23.5 Å². The molecule has 1 saturated heterocycles. The van der Waals surface area contributed by atoms with Crippen LogP contribution >= 0.6 is 15.6 Å². The van der Waals surface area contributed by atoms with Crippen molar-refractivity contribution in [3.05, 3.63) is 33.1 Å². The van der Waals surface area contributed by atoms with Gasteiger partial charge in [0.2, 0.25) is 0 Å². The van der Waals surface area contributed by atoms with Gasteiger partial charge in [0.15, 0.2) is 5.78 Å². The molecule has 0 bridgehead atoms. The van der Waals surface area contributed by atoms with Gasteiger partial charge in [-0.2, -0.15) is 4.31 Å². The number of aromatic nitrogens is 2. The van der Waals surface area contributed by atoms with E-state index in [1.165, 1.54) is 0 Å². The number of carbonyl (C=O) groups is 1. The number of ether oxygens (including phenoxy) is 1. The highest BCUT2D eigenvalue weighted by Crippen LogP contribution is 2.57.